The fourth-order valence-electron chi connectivity index (χ4n) is 1.87. The van der Waals surface area contributed by atoms with Crippen molar-refractivity contribution in [2.24, 2.45) is 5.73 Å². The van der Waals surface area contributed by atoms with Crippen LogP contribution in [-0.2, 0) is 0 Å². The van der Waals surface area contributed by atoms with Crippen LogP contribution in [0.3, 0.4) is 0 Å². The fourth-order valence-corrected chi connectivity index (χ4v) is 2.43. The molecule has 1 saturated heterocycles. The zero-order valence-electron chi connectivity index (χ0n) is 8.82. The number of carbonyl (C=O) groups excluding carboxylic acids is 1. The standard InChI is InChI=1S/C11H14BrN3O/c12-9-4-2-1-3-8(9)10-7-15(6-5-13)11(16)14-10/h1-4,10H,5-7,13H2,(H,14,16). The molecule has 1 aliphatic rings. The van der Waals surface area contributed by atoms with Crippen LogP contribution in [0.1, 0.15) is 11.6 Å². The molecule has 0 aliphatic carbocycles. The van der Waals surface area contributed by atoms with E-state index in [-0.39, 0.29) is 12.1 Å². The van der Waals surface area contributed by atoms with Crippen LogP contribution in [0.25, 0.3) is 0 Å². The Hall–Kier alpha value is -1.07. The maximum absolute atomic E-state index is 11.6. The lowest BCUT2D eigenvalue weighted by Gasteiger charge is -2.13. The summed E-state index contributed by atoms with van der Waals surface area (Å²) in [6, 6.07) is 7.94. The Morgan fingerprint density at radius 2 is 2.25 bits per heavy atom. The molecular formula is C11H14BrN3O. The van der Waals surface area contributed by atoms with Gasteiger partial charge in [-0.2, -0.15) is 0 Å². The molecule has 86 valence electrons. The van der Waals surface area contributed by atoms with Gasteiger partial charge in [-0.05, 0) is 11.6 Å². The van der Waals surface area contributed by atoms with Crippen LogP contribution < -0.4 is 11.1 Å². The maximum atomic E-state index is 11.6. The van der Waals surface area contributed by atoms with E-state index in [4.69, 9.17) is 5.73 Å². The van der Waals surface area contributed by atoms with Gasteiger partial charge in [0.25, 0.3) is 0 Å². The molecule has 1 aromatic carbocycles. The second-order valence-electron chi connectivity index (χ2n) is 3.76. The molecule has 4 nitrogen and oxygen atoms in total. The summed E-state index contributed by atoms with van der Waals surface area (Å²) in [7, 11) is 0. The normalized spacial score (nSPS) is 20.0. The Kier molecular flexibility index (Phi) is 3.46. The van der Waals surface area contributed by atoms with Crippen LogP contribution >= 0.6 is 15.9 Å². The molecule has 0 saturated carbocycles. The molecule has 1 atom stereocenters. The summed E-state index contributed by atoms with van der Waals surface area (Å²) in [5.74, 6) is 0. The molecule has 3 N–H and O–H groups in total. The number of nitrogens with zero attached hydrogens (tertiary/aromatic N) is 1. The van der Waals surface area contributed by atoms with Gasteiger partial charge >= 0.3 is 6.03 Å². The molecule has 0 spiro atoms. The van der Waals surface area contributed by atoms with Crippen molar-refractivity contribution in [3.8, 4) is 0 Å². The molecule has 16 heavy (non-hydrogen) atoms. The lowest BCUT2D eigenvalue weighted by Crippen LogP contribution is -2.32. The second kappa shape index (κ2) is 4.84. The Balaban J connectivity index is 2.14. The van der Waals surface area contributed by atoms with Gasteiger partial charge in [0.2, 0.25) is 0 Å². The number of urea groups is 1. The molecule has 1 aromatic rings. The van der Waals surface area contributed by atoms with Gasteiger partial charge in [0.15, 0.2) is 0 Å². The van der Waals surface area contributed by atoms with E-state index in [1.165, 1.54) is 0 Å². The van der Waals surface area contributed by atoms with Crippen molar-refractivity contribution in [3.63, 3.8) is 0 Å². The van der Waals surface area contributed by atoms with E-state index >= 15 is 0 Å². The number of benzene rings is 1. The quantitative estimate of drug-likeness (QED) is 0.883. The first kappa shape index (κ1) is 11.4. The van der Waals surface area contributed by atoms with Crippen LogP contribution in [-0.4, -0.2) is 30.6 Å². The third-order valence-electron chi connectivity index (χ3n) is 2.67. The van der Waals surface area contributed by atoms with Crippen LogP contribution in [0, 0.1) is 0 Å². The summed E-state index contributed by atoms with van der Waals surface area (Å²) in [5.41, 5.74) is 6.56. The number of rotatable bonds is 3. The number of halogens is 1. The molecule has 1 aliphatic heterocycles. The first-order valence-corrected chi connectivity index (χ1v) is 6.01. The summed E-state index contributed by atoms with van der Waals surface area (Å²) in [6.07, 6.45) is 0. The minimum absolute atomic E-state index is 0.0359. The number of amides is 2. The van der Waals surface area contributed by atoms with E-state index in [0.717, 1.165) is 10.0 Å². The first-order chi connectivity index (χ1) is 7.72. The van der Waals surface area contributed by atoms with Gasteiger partial charge < -0.3 is 16.0 Å². The molecule has 2 rings (SSSR count). The smallest absolute Gasteiger partial charge is 0.318 e. The van der Waals surface area contributed by atoms with E-state index in [9.17, 15) is 4.79 Å². The number of carbonyl (C=O) groups is 1. The summed E-state index contributed by atoms with van der Waals surface area (Å²) in [5, 5.41) is 2.95. The van der Waals surface area contributed by atoms with Crippen LogP contribution in [0.2, 0.25) is 0 Å². The summed E-state index contributed by atoms with van der Waals surface area (Å²) >= 11 is 3.49. The Morgan fingerprint density at radius 1 is 1.50 bits per heavy atom. The lowest BCUT2D eigenvalue weighted by atomic mass is 10.1. The van der Waals surface area contributed by atoms with E-state index in [1.807, 2.05) is 24.3 Å². The van der Waals surface area contributed by atoms with Crippen molar-refractivity contribution in [3.05, 3.63) is 34.3 Å². The maximum Gasteiger partial charge on any atom is 0.318 e. The summed E-state index contributed by atoms with van der Waals surface area (Å²) in [6.45, 7) is 1.78. The van der Waals surface area contributed by atoms with Gasteiger partial charge in [-0.15, -0.1) is 0 Å². The summed E-state index contributed by atoms with van der Waals surface area (Å²) < 4.78 is 1.02. The zero-order valence-corrected chi connectivity index (χ0v) is 10.4. The number of nitrogens with two attached hydrogens (primary N) is 1. The number of nitrogens with one attached hydrogen (secondary N) is 1. The highest BCUT2D eigenvalue weighted by atomic mass is 79.9. The molecule has 5 heteroatoms. The van der Waals surface area contributed by atoms with Crippen LogP contribution in [0.4, 0.5) is 4.79 Å². The Bertz CT molecular complexity index is 397. The molecule has 1 fully saturated rings. The minimum Gasteiger partial charge on any atom is -0.329 e. The van der Waals surface area contributed by atoms with E-state index in [1.54, 1.807) is 4.90 Å². The molecule has 0 radical (unpaired) electrons. The van der Waals surface area contributed by atoms with E-state index in [2.05, 4.69) is 21.2 Å². The van der Waals surface area contributed by atoms with Crippen LogP contribution in [0.15, 0.2) is 28.7 Å². The number of hydrogen-bond donors (Lipinski definition) is 2. The van der Waals surface area contributed by atoms with Crippen molar-refractivity contribution in [1.29, 1.82) is 0 Å². The van der Waals surface area contributed by atoms with Gasteiger partial charge in [-0.3, -0.25) is 0 Å². The molecule has 1 heterocycles. The highest BCUT2D eigenvalue weighted by molar-refractivity contribution is 9.10. The molecule has 1 unspecified atom stereocenters. The Labute approximate surface area is 103 Å². The van der Waals surface area contributed by atoms with Crippen molar-refractivity contribution in [1.82, 2.24) is 10.2 Å². The second-order valence-corrected chi connectivity index (χ2v) is 4.61. The fraction of sp³-hybridized carbons (Fsp3) is 0.364. The third kappa shape index (κ3) is 2.20. The average Bonchev–Trinajstić information content (AvgIpc) is 2.61. The highest BCUT2D eigenvalue weighted by Crippen LogP contribution is 2.26. The van der Waals surface area contributed by atoms with Gasteiger partial charge in [0.05, 0.1) is 6.04 Å². The van der Waals surface area contributed by atoms with Gasteiger partial charge in [-0.1, -0.05) is 34.1 Å². The van der Waals surface area contributed by atoms with Gasteiger partial charge in [-0.25, -0.2) is 4.79 Å². The molecule has 0 bridgehead atoms. The summed E-state index contributed by atoms with van der Waals surface area (Å²) in [4.78, 5) is 13.3. The van der Waals surface area contributed by atoms with Crippen LogP contribution in [0.5, 0.6) is 0 Å². The van der Waals surface area contributed by atoms with E-state index in [0.29, 0.717) is 19.6 Å². The zero-order chi connectivity index (χ0) is 11.5. The lowest BCUT2D eigenvalue weighted by molar-refractivity contribution is 0.218. The van der Waals surface area contributed by atoms with Crippen molar-refractivity contribution < 1.29 is 4.79 Å². The molecule has 0 aromatic heterocycles. The molecule has 2 amide bonds. The molecular weight excluding hydrogens is 270 g/mol. The minimum atomic E-state index is -0.0359. The monoisotopic (exact) mass is 283 g/mol. The van der Waals surface area contributed by atoms with Gasteiger partial charge in [0, 0.05) is 24.1 Å². The third-order valence-corrected chi connectivity index (χ3v) is 3.39. The van der Waals surface area contributed by atoms with Crippen molar-refractivity contribution >= 4 is 22.0 Å². The van der Waals surface area contributed by atoms with Gasteiger partial charge in [0.1, 0.15) is 0 Å². The largest absolute Gasteiger partial charge is 0.329 e. The Morgan fingerprint density at radius 3 is 2.94 bits per heavy atom. The SMILES string of the molecule is NCCN1CC(c2ccccc2Br)NC1=O. The predicted molar refractivity (Wildman–Crippen MR) is 66.0 cm³/mol. The number of hydrogen-bond acceptors (Lipinski definition) is 2. The average molecular weight is 284 g/mol. The predicted octanol–water partition coefficient (Wildman–Crippen LogP) is 1.47. The van der Waals surface area contributed by atoms with Crippen molar-refractivity contribution in [2.45, 2.75) is 6.04 Å². The topological polar surface area (TPSA) is 58.4 Å². The first-order valence-electron chi connectivity index (χ1n) is 5.22. The van der Waals surface area contributed by atoms with E-state index < -0.39 is 0 Å². The van der Waals surface area contributed by atoms with Crippen molar-refractivity contribution in [2.75, 3.05) is 19.6 Å². The highest BCUT2D eigenvalue weighted by Gasteiger charge is 2.29.